The number of hydrogen-bond donors (Lipinski definition) is 1. The number of rotatable bonds is 4. The maximum absolute atomic E-state index is 10.2. The minimum atomic E-state index is -0.549. The maximum atomic E-state index is 10.2. The number of ether oxygens (including phenoxy) is 2. The van der Waals surface area contributed by atoms with Crippen molar-refractivity contribution in [2.75, 3.05) is 6.79 Å². The van der Waals surface area contributed by atoms with Crippen LogP contribution in [-0.2, 0) is 6.42 Å². The molecule has 0 spiro atoms. The van der Waals surface area contributed by atoms with E-state index in [1.54, 1.807) is 23.5 Å². The molecule has 3 nitrogen and oxygen atoms in total. The summed E-state index contributed by atoms with van der Waals surface area (Å²) in [4.78, 5) is 0. The van der Waals surface area contributed by atoms with Crippen LogP contribution in [0.3, 0.4) is 0 Å². The Kier molecular flexibility index (Phi) is 3.64. The van der Waals surface area contributed by atoms with E-state index < -0.39 is 6.10 Å². The Hall–Kier alpha value is -1.23. The second kappa shape index (κ2) is 5.41. The molecule has 0 amide bonds. The molecule has 5 heteroatoms. The van der Waals surface area contributed by atoms with E-state index in [1.165, 1.54) is 5.56 Å². The highest BCUT2D eigenvalue weighted by Crippen LogP contribution is 2.41. The van der Waals surface area contributed by atoms with Crippen LogP contribution in [0.15, 0.2) is 29.0 Å². The summed E-state index contributed by atoms with van der Waals surface area (Å²) < 4.78 is 10.6. The zero-order valence-electron chi connectivity index (χ0n) is 10.1. The number of fused-ring (bicyclic) bond motifs is 1. The smallest absolute Gasteiger partial charge is 0.231 e. The quantitative estimate of drug-likeness (QED) is 0.933. The Bertz CT molecular complexity index is 568. The van der Waals surface area contributed by atoms with E-state index in [-0.39, 0.29) is 6.79 Å². The normalized spacial score (nSPS) is 14.6. The Balaban J connectivity index is 1.73. The van der Waals surface area contributed by atoms with E-state index >= 15 is 0 Å². The molecule has 0 radical (unpaired) electrons. The summed E-state index contributed by atoms with van der Waals surface area (Å²) in [5.41, 5.74) is 2.01. The van der Waals surface area contributed by atoms with Crippen LogP contribution < -0.4 is 9.47 Å². The predicted molar refractivity (Wildman–Crippen MR) is 75.2 cm³/mol. The molecule has 1 aliphatic heterocycles. The maximum Gasteiger partial charge on any atom is 0.231 e. The van der Waals surface area contributed by atoms with E-state index in [0.717, 1.165) is 12.0 Å². The zero-order chi connectivity index (χ0) is 13.2. The molecule has 100 valence electrons. The van der Waals surface area contributed by atoms with Gasteiger partial charge in [0, 0.05) is 0 Å². The van der Waals surface area contributed by atoms with Crippen LogP contribution in [-0.4, -0.2) is 11.9 Å². The van der Waals surface area contributed by atoms with Crippen LogP contribution in [0.25, 0.3) is 0 Å². The van der Waals surface area contributed by atoms with Crippen molar-refractivity contribution < 1.29 is 14.6 Å². The van der Waals surface area contributed by atoms with Crippen molar-refractivity contribution in [1.29, 1.82) is 0 Å². The molecule has 1 unspecified atom stereocenters. The standard InChI is InChI=1S/C14H13ClO3S/c15-11-5-10(6-13-14(11)18-8-17-13)12(16)2-1-9-3-4-19-7-9/h3-7,12,16H,1-2,8H2. The van der Waals surface area contributed by atoms with Crippen molar-refractivity contribution in [3.63, 3.8) is 0 Å². The van der Waals surface area contributed by atoms with Crippen molar-refractivity contribution in [3.05, 3.63) is 45.1 Å². The molecular weight excluding hydrogens is 284 g/mol. The van der Waals surface area contributed by atoms with E-state index in [4.69, 9.17) is 21.1 Å². The number of halogens is 1. The minimum absolute atomic E-state index is 0.184. The molecule has 0 saturated carbocycles. The summed E-state index contributed by atoms with van der Waals surface area (Å²) in [6.45, 7) is 0.184. The van der Waals surface area contributed by atoms with Gasteiger partial charge in [-0.15, -0.1) is 0 Å². The Labute approximate surface area is 120 Å². The summed E-state index contributed by atoms with van der Waals surface area (Å²) in [5.74, 6) is 1.17. The lowest BCUT2D eigenvalue weighted by Gasteiger charge is -2.12. The fourth-order valence-electron chi connectivity index (χ4n) is 2.08. The molecule has 1 atom stereocenters. The lowest BCUT2D eigenvalue weighted by Crippen LogP contribution is -1.99. The molecule has 2 heterocycles. The minimum Gasteiger partial charge on any atom is -0.454 e. The number of thiophene rings is 1. The van der Waals surface area contributed by atoms with Crippen molar-refractivity contribution in [1.82, 2.24) is 0 Å². The first-order valence-electron chi connectivity index (χ1n) is 6.02. The zero-order valence-corrected chi connectivity index (χ0v) is 11.7. The van der Waals surface area contributed by atoms with Crippen LogP contribution in [0, 0.1) is 0 Å². The van der Waals surface area contributed by atoms with Crippen LogP contribution in [0.1, 0.15) is 23.7 Å². The second-order valence-electron chi connectivity index (χ2n) is 4.42. The molecule has 3 rings (SSSR count). The third kappa shape index (κ3) is 2.71. The summed E-state index contributed by atoms with van der Waals surface area (Å²) in [7, 11) is 0. The topological polar surface area (TPSA) is 38.7 Å². The van der Waals surface area contributed by atoms with Gasteiger partial charge in [-0.1, -0.05) is 11.6 Å². The molecule has 19 heavy (non-hydrogen) atoms. The van der Waals surface area contributed by atoms with Crippen molar-refractivity contribution in [3.8, 4) is 11.5 Å². The third-order valence-corrected chi connectivity index (χ3v) is 4.13. The van der Waals surface area contributed by atoms with Crippen LogP contribution >= 0.6 is 22.9 Å². The van der Waals surface area contributed by atoms with E-state index in [0.29, 0.717) is 22.9 Å². The molecular formula is C14H13ClO3S. The number of aliphatic hydroxyl groups excluding tert-OH is 1. The van der Waals surface area contributed by atoms with Crippen molar-refractivity contribution in [2.24, 2.45) is 0 Å². The molecule has 1 aliphatic rings. The van der Waals surface area contributed by atoms with Gasteiger partial charge >= 0.3 is 0 Å². The molecule has 0 fully saturated rings. The van der Waals surface area contributed by atoms with E-state index in [2.05, 4.69) is 11.4 Å². The molecule has 0 aliphatic carbocycles. The van der Waals surface area contributed by atoms with Crippen LogP contribution in [0.4, 0.5) is 0 Å². The first-order chi connectivity index (χ1) is 9.24. The Morgan fingerprint density at radius 1 is 1.37 bits per heavy atom. The summed E-state index contributed by atoms with van der Waals surface area (Å²) >= 11 is 7.77. The number of benzene rings is 1. The number of aliphatic hydroxyl groups is 1. The average Bonchev–Trinajstić information content (AvgIpc) is 3.06. The van der Waals surface area contributed by atoms with Crippen molar-refractivity contribution >= 4 is 22.9 Å². The lowest BCUT2D eigenvalue weighted by molar-refractivity contribution is 0.166. The first-order valence-corrected chi connectivity index (χ1v) is 7.34. The molecule has 0 saturated heterocycles. The fraction of sp³-hybridized carbons (Fsp3) is 0.286. The van der Waals surface area contributed by atoms with Gasteiger partial charge in [0.1, 0.15) is 0 Å². The number of aryl methyl sites for hydroxylation is 1. The highest BCUT2D eigenvalue weighted by atomic mass is 35.5. The van der Waals surface area contributed by atoms with Gasteiger partial charge in [0.15, 0.2) is 11.5 Å². The van der Waals surface area contributed by atoms with Gasteiger partial charge in [0.25, 0.3) is 0 Å². The fourth-order valence-corrected chi connectivity index (χ4v) is 3.06. The van der Waals surface area contributed by atoms with Gasteiger partial charge in [-0.2, -0.15) is 11.3 Å². The highest BCUT2D eigenvalue weighted by Gasteiger charge is 2.20. The molecule has 0 bridgehead atoms. The van der Waals surface area contributed by atoms with Gasteiger partial charge in [0.2, 0.25) is 6.79 Å². The van der Waals surface area contributed by atoms with Gasteiger partial charge in [0.05, 0.1) is 11.1 Å². The first kappa shape index (κ1) is 12.8. The Morgan fingerprint density at radius 2 is 2.26 bits per heavy atom. The largest absolute Gasteiger partial charge is 0.454 e. The highest BCUT2D eigenvalue weighted by molar-refractivity contribution is 7.07. The molecule has 2 aromatic rings. The summed E-state index contributed by atoms with van der Waals surface area (Å²) in [6.07, 6.45) is 0.954. The molecule has 1 N–H and O–H groups in total. The molecule has 1 aromatic carbocycles. The van der Waals surface area contributed by atoms with E-state index in [9.17, 15) is 5.11 Å². The van der Waals surface area contributed by atoms with E-state index in [1.807, 2.05) is 5.38 Å². The van der Waals surface area contributed by atoms with Crippen molar-refractivity contribution in [2.45, 2.75) is 18.9 Å². The van der Waals surface area contributed by atoms with Gasteiger partial charge in [-0.3, -0.25) is 0 Å². The monoisotopic (exact) mass is 296 g/mol. The second-order valence-corrected chi connectivity index (χ2v) is 5.61. The lowest BCUT2D eigenvalue weighted by atomic mass is 10.0. The summed E-state index contributed by atoms with van der Waals surface area (Å²) in [5, 5.41) is 14.8. The summed E-state index contributed by atoms with van der Waals surface area (Å²) in [6, 6.07) is 5.61. The number of hydrogen-bond acceptors (Lipinski definition) is 4. The van der Waals surface area contributed by atoms with Gasteiger partial charge < -0.3 is 14.6 Å². The van der Waals surface area contributed by atoms with Gasteiger partial charge in [-0.05, 0) is 52.9 Å². The third-order valence-electron chi connectivity index (χ3n) is 3.12. The average molecular weight is 297 g/mol. The molecule has 1 aromatic heterocycles. The van der Waals surface area contributed by atoms with Crippen LogP contribution in [0.5, 0.6) is 11.5 Å². The SMILES string of the molecule is OC(CCc1ccsc1)c1cc(Cl)c2c(c1)OCO2. The van der Waals surface area contributed by atoms with Gasteiger partial charge in [-0.25, -0.2) is 0 Å². The predicted octanol–water partition coefficient (Wildman–Crippen LogP) is 3.80. The Morgan fingerprint density at radius 3 is 3.05 bits per heavy atom. The van der Waals surface area contributed by atoms with Crippen LogP contribution in [0.2, 0.25) is 5.02 Å².